The molecule has 156 valence electrons. The molecule has 0 saturated carbocycles. The molecule has 0 aromatic heterocycles. The summed E-state index contributed by atoms with van der Waals surface area (Å²) in [6, 6.07) is 14.6. The van der Waals surface area contributed by atoms with E-state index in [4.69, 9.17) is 11.6 Å². The summed E-state index contributed by atoms with van der Waals surface area (Å²) in [5.74, 6) is -0.759. The van der Waals surface area contributed by atoms with Gasteiger partial charge in [0, 0.05) is 38.3 Å². The molecule has 0 radical (unpaired) electrons. The van der Waals surface area contributed by atoms with Crippen LogP contribution in [-0.2, 0) is 14.4 Å². The number of rotatable bonds is 4. The van der Waals surface area contributed by atoms with Gasteiger partial charge >= 0.3 is 0 Å². The summed E-state index contributed by atoms with van der Waals surface area (Å²) in [7, 11) is 0. The first-order chi connectivity index (χ1) is 14.5. The van der Waals surface area contributed by atoms with Crippen LogP contribution in [0.5, 0.6) is 0 Å². The molecule has 1 unspecified atom stereocenters. The first-order valence-corrected chi connectivity index (χ1v) is 10.3. The molecule has 1 atom stereocenters. The van der Waals surface area contributed by atoms with E-state index < -0.39 is 5.92 Å². The lowest BCUT2D eigenvalue weighted by Crippen LogP contribution is -2.52. The Hall–Kier alpha value is -2.90. The molecule has 0 aliphatic carbocycles. The van der Waals surface area contributed by atoms with E-state index in [1.807, 2.05) is 41.3 Å². The van der Waals surface area contributed by atoms with Gasteiger partial charge in [0.25, 0.3) is 0 Å². The van der Waals surface area contributed by atoms with Crippen LogP contribution in [0.2, 0.25) is 5.02 Å². The number of halogens is 1. The topological polar surface area (TPSA) is 81.8 Å². The van der Waals surface area contributed by atoms with Gasteiger partial charge < -0.3 is 15.5 Å². The number of nitrogens with one attached hydrogen (secondary N) is 2. The highest BCUT2D eigenvalue weighted by Crippen LogP contribution is 2.33. The second kappa shape index (κ2) is 8.85. The Morgan fingerprint density at radius 1 is 1.03 bits per heavy atom. The minimum atomic E-state index is -0.454. The van der Waals surface area contributed by atoms with E-state index in [1.54, 1.807) is 17.0 Å². The van der Waals surface area contributed by atoms with Crippen molar-refractivity contribution in [3.05, 3.63) is 59.1 Å². The lowest BCUT2D eigenvalue weighted by molar-refractivity contribution is -0.136. The number of carbonyl (C=O) groups excluding carboxylic acids is 3. The fourth-order valence-corrected chi connectivity index (χ4v) is 4.12. The molecular formula is C22H23ClN4O3. The number of anilines is 2. The molecule has 0 spiro atoms. The van der Waals surface area contributed by atoms with Crippen LogP contribution in [0.4, 0.5) is 11.4 Å². The Balaban J connectivity index is 1.32. The maximum Gasteiger partial charge on any atom is 0.238 e. The predicted octanol–water partition coefficient (Wildman–Crippen LogP) is 2.55. The summed E-state index contributed by atoms with van der Waals surface area (Å²) in [5.41, 5.74) is 2.16. The molecule has 2 N–H and O–H groups in total. The summed E-state index contributed by atoms with van der Waals surface area (Å²) < 4.78 is 0. The summed E-state index contributed by atoms with van der Waals surface area (Å²) in [4.78, 5) is 41.3. The van der Waals surface area contributed by atoms with Crippen LogP contribution in [0.3, 0.4) is 0 Å². The zero-order valence-corrected chi connectivity index (χ0v) is 17.2. The number of hydrogen-bond acceptors (Lipinski definition) is 4. The van der Waals surface area contributed by atoms with Crippen molar-refractivity contribution in [1.29, 1.82) is 0 Å². The van der Waals surface area contributed by atoms with Crippen LogP contribution < -0.4 is 10.6 Å². The molecule has 2 heterocycles. The van der Waals surface area contributed by atoms with Crippen LogP contribution >= 0.6 is 11.6 Å². The fourth-order valence-electron chi connectivity index (χ4n) is 3.93. The number of hydrogen-bond donors (Lipinski definition) is 2. The van der Waals surface area contributed by atoms with Gasteiger partial charge in [-0.2, -0.15) is 0 Å². The molecule has 7 nitrogen and oxygen atoms in total. The second-order valence-corrected chi connectivity index (χ2v) is 7.93. The average molecular weight is 427 g/mol. The first-order valence-electron chi connectivity index (χ1n) is 9.95. The first kappa shape index (κ1) is 20.4. The highest BCUT2D eigenvalue weighted by molar-refractivity contribution is 6.33. The van der Waals surface area contributed by atoms with Gasteiger partial charge in [-0.05, 0) is 23.8 Å². The number of fused-ring (bicyclic) bond motifs is 1. The molecule has 4 rings (SSSR count). The van der Waals surface area contributed by atoms with Crippen LogP contribution in [-0.4, -0.2) is 60.2 Å². The van der Waals surface area contributed by atoms with Gasteiger partial charge in [-0.3, -0.25) is 19.3 Å². The van der Waals surface area contributed by atoms with E-state index in [2.05, 4.69) is 10.6 Å². The van der Waals surface area contributed by atoms with Gasteiger partial charge in [-0.15, -0.1) is 0 Å². The molecule has 2 aliphatic heterocycles. The lowest BCUT2D eigenvalue weighted by atomic mass is 9.89. The third-order valence-electron chi connectivity index (χ3n) is 5.50. The van der Waals surface area contributed by atoms with Gasteiger partial charge in [-0.1, -0.05) is 41.9 Å². The van der Waals surface area contributed by atoms with Gasteiger partial charge in [0.05, 0.1) is 23.2 Å². The van der Waals surface area contributed by atoms with Crippen molar-refractivity contribution in [2.45, 2.75) is 12.3 Å². The maximum atomic E-state index is 13.1. The standard InChI is InChI=1S/C22H23ClN4O3/c23-17-6-2-4-8-19(17)25-21(29)14-26-9-11-27(12-10-26)22(30)16-13-20(28)24-18-7-3-1-5-15(16)18/h1-8,16H,9-14H2,(H,24,28)(H,25,29). The lowest BCUT2D eigenvalue weighted by Gasteiger charge is -2.37. The average Bonchev–Trinajstić information content (AvgIpc) is 2.75. The normalized spacial score (nSPS) is 19.0. The van der Waals surface area contributed by atoms with E-state index in [0.29, 0.717) is 42.6 Å². The SMILES string of the molecule is O=C(CN1CCN(C(=O)C2CC(=O)Nc3ccccc32)CC1)Nc1ccccc1Cl. The van der Waals surface area contributed by atoms with E-state index in [1.165, 1.54) is 0 Å². The van der Waals surface area contributed by atoms with Crippen molar-refractivity contribution in [3.63, 3.8) is 0 Å². The van der Waals surface area contributed by atoms with Crippen molar-refractivity contribution in [1.82, 2.24) is 9.80 Å². The van der Waals surface area contributed by atoms with E-state index in [9.17, 15) is 14.4 Å². The highest BCUT2D eigenvalue weighted by Gasteiger charge is 2.34. The van der Waals surface area contributed by atoms with Gasteiger partial charge in [0.2, 0.25) is 17.7 Å². The molecule has 8 heteroatoms. The summed E-state index contributed by atoms with van der Waals surface area (Å²) >= 11 is 6.08. The Morgan fingerprint density at radius 2 is 1.73 bits per heavy atom. The number of piperazine rings is 1. The zero-order chi connectivity index (χ0) is 21.1. The summed E-state index contributed by atoms with van der Waals surface area (Å²) in [6.07, 6.45) is 0.163. The Morgan fingerprint density at radius 3 is 2.50 bits per heavy atom. The van der Waals surface area contributed by atoms with Crippen LogP contribution in [0.25, 0.3) is 0 Å². The molecular weight excluding hydrogens is 404 g/mol. The highest BCUT2D eigenvalue weighted by atomic mass is 35.5. The summed E-state index contributed by atoms with van der Waals surface area (Å²) in [6.45, 7) is 2.49. The largest absolute Gasteiger partial charge is 0.340 e. The summed E-state index contributed by atoms with van der Waals surface area (Å²) in [5, 5.41) is 6.15. The minimum absolute atomic E-state index is 0.0301. The molecule has 1 saturated heterocycles. The third-order valence-corrected chi connectivity index (χ3v) is 5.83. The molecule has 30 heavy (non-hydrogen) atoms. The molecule has 2 aliphatic rings. The van der Waals surface area contributed by atoms with Crippen LogP contribution in [0, 0.1) is 0 Å². The van der Waals surface area contributed by atoms with Crippen molar-refractivity contribution >= 4 is 40.7 Å². The zero-order valence-electron chi connectivity index (χ0n) is 16.4. The minimum Gasteiger partial charge on any atom is -0.340 e. The molecule has 2 aromatic carbocycles. The number of para-hydroxylation sites is 2. The predicted molar refractivity (Wildman–Crippen MR) is 116 cm³/mol. The van der Waals surface area contributed by atoms with Crippen molar-refractivity contribution in [3.8, 4) is 0 Å². The number of amides is 3. The molecule has 1 fully saturated rings. The quantitative estimate of drug-likeness (QED) is 0.787. The number of carbonyl (C=O) groups is 3. The Bertz CT molecular complexity index is 972. The molecule has 2 aromatic rings. The van der Waals surface area contributed by atoms with E-state index >= 15 is 0 Å². The van der Waals surface area contributed by atoms with E-state index in [0.717, 1.165) is 5.56 Å². The molecule has 3 amide bonds. The number of benzene rings is 2. The number of nitrogens with zero attached hydrogens (tertiary/aromatic N) is 2. The van der Waals surface area contributed by atoms with Crippen LogP contribution in [0.15, 0.2) is 48.5 Å². The third kappa shape index (κ3) is 4.47. The Kier molecular flexibility index (Phi) is 6.01. The smallest absolute Gasteiger partial charge is 0.238 e. The monoisotopic (exact) mass is 426 g/mol. The van der Waals surface area contributed by atoms with Crippen molar-refractivity contribution in [2.24, 2.45) is 0 Å². The van der Waals surface area contributed by atoms with Crippen molar-refractivity contribution in [2.75, 3.05) is 43.4 Å². The van der Waals surface area contributed by atoms with E-state index in [-0.39, 0.29) is 30.7 Å². The fraction of sp³-hybridized carbons (Fsp3) is 0.318. The van der Waals surface area contributed by atoms with Crippen molar-refractivity contribution < 1.29 is 14.4 Å². The van der Waals surface area contributed by atoms with Gasteiger partial charge in [0.15, 0.2) is 0 Å². The van der Waals surface area contributed by atoms with Gasteiger partial charge in [0.1, 0.15) is 0 Å². The molecule has 0 bridgehead atoms. The Labute approximate surface area is 180 Å². The second-order valence-electron chi connectivity index (χ2n) is 7.52. The maximum absolute atomic E-state index is 13.1. The van der Waals surface area contributed by atoms with Crippen LogP contribution in [0.1, 0.15) is 17.9 Å². The van der Waals surface area contributed by atoms with Gasteiger partial charge in [-0.25, -0.2) is 0 Å².